The largest absolute Gasteiger partial charge is 0.309 e. The predicted molar refractivity (Wildman–Crippen MR) is 169 cm³/mol. The number of nitrogens with zero attached hydrogens (tertiary/aromatic N) is 2. The number of para-hydroxylation sites is 1. The summed E-state index contributed by atoms with van der Waals surface area (Å²) in [6.07, 6.45) is 18.3. The van der Waals surface area contributed by atoms with Crippen LogP contribution in [0.1, 0.15) is 31.2 Å². The monoisotopic (exact) mass is 530 g/mol. The highest BCUT2D eigenvalue weighted by Gasteiger charge is 2.43. The maximum Gasteiger partial charge on any atom is 0.0647 e. The number of allylic oxidation sites excluding steroid dienone is 7. The second-order valence-corrected chi connectivity index (χ2v) is 12.7. The van der Waals surface area contributed by atoms with Crippen LogP contribution in [-0.2, 0) is 0 Å². The van der Waals surface area contributed by atoms with E-state index in [1.807, 2.05) is 17.8 Å². The number of hydrogen-bond acceptors (Lipinski definition) is 1. The molecule has 4 aromatic carbocycles. The molecule has 3 aliphatic rings. The molecule has 0 amide bonds. The molecule has 0 radical (unpaired) electrons. The van der Waals surface area contributed by atoms with Crippen LogP contribution >= 0.6 is 11.8 Å². The van der Waals surface area contributed by atoms with Gasteiger partial charge in [0.15, 0.2) is 0 Å². The fourth-order valence-electron chi connectivity index (χ4n) is 7.22. The van der Waals surface area contributed by atoms with Gasteiger partial charge < -0.3 is 9.13 Å². The summed E-state index contributed by atoms with van der Waals surface area (Å²) in [7, 11) is 0. The number of thioether (sulfide) groups is 1. The first-order valence-corrected chi connectivity index (χ1v) is 14.9. The molecule has 190 valence electrons. The topological polar surface area (TPSA) is 9.86 Å². The molecule has 2 aromatic heterocycles. The second kappa shape index (κ2) is 8.07. The Bertz CT molecular complexity index is 2170. The zero-order valence-electron chi connectivity index (χ0n) is 22.2. The predicted octanol–water partition coefficient (Wildman–Crippen LogP) is 9.76. The first-order chi connectivity index (χ1) is 19.7. The lowest BCUT2D eigenvalue weighted by molar-refractivity contribution is 0.698. The lowest BCUT2D eigenvalue weighted by Crippen LogP contribution is -2.23. The average molecular weight is 531 g/mol. The van der Waals surface area contributed by atoms with Gasteiger partial charge in [-0.15, -0.1) is 11.8 Å². The highest BCUT2D eigenvalue weighted by atomic mass is 32.2. The van der Waals surface area contributed by atoms with Gasteiger partial charge in [-0.2, -0.15) is 0 Å². The maximum absolute atomic E-state index is 3.56. The smallest absolute Gasteiger partial charge is 0.0647 e. The minimum Gasteiger partial charge on any atom is -0.309 e. The van der Waals surface area contributed by atoms with Crippen molar-refractivity contribution in [3.63, 3.8) is 0 Å². The van der Waals surface area contributed by atoms with E-state index in [9.17, 15) is 0 Å². The number of aromatic nitrogens is 2. The van der Waals surface area contributed by atoms with Gasteiger partial charge in [0.1, 0.15) is 0 Å². The van der Waals surface area contributed by atoms with Crippen LogP contribution in [0.3, 0.4) is 0 Å². The first kappa shape index (κ1) is 22.4. The third-order valence-corrected chi connectivity index (χ3v) is 10.3. The summed E-state index contributed by atoms with van der Waals surface area (Å²) in [5.74, 6) is 0.327. The molecule has 0 N–H and O–H groups in total. The molecule has 3 heterocycles. The zero-order valence-corrected chi connectivity index (χ0v) is 23.0. The Morgan fingerprint density at radius 3 is 2.75 bits per heavy atom. The standard InChI is InChI=1S/C37H26N2S/c1-37-23-10-9-16-28(37)35-31(19-11-20-33(35)40-37)39-30-18-8-6-15-27(30)34-32(39)22-21-26-25-14-5-7-17-29(25)38(36(26)34)24-12-3-2-4-13-24/h3,5,7-14,16-23,28H,2,4H2,1H3. The van der Waals surface area contributed by atoms with Crippen molar-refractivity contribution in [3.8, 4) is 5.69 Å². The second-order valence-electron chi connectivity index (χ2n) is 11.2. The van der Waals surface area contributed by atoms with Gasteiger partial charge >= 0.3 is 0 Å². The Kier molecular flexibility index (Phi) is 4.52. The first-order valence-electron chi connectivity index (χ1n) is 14.1. The van der Waals surface area contributed by atoms with Crippen LogP contribution in [-0.4, -0.2) is 13.9 Å². The molecule has 0 spiro atoms. The van der Waals surface area contributed by atoms with E-state index in [1.54, 1.807) is 0 Å². The van der Waals surface area contributed by atoms with Crippen molar-refractivity contribution in [1.29, 1.82) is 0 Å². The van der Waals surface area contributed by atoms with Gasteiger partial charge in [0, 0.05) is 37.4 Å². The van der Waals surface area contributed by atoms with Gasteiger partial charge in [-0.25, -0.2) is 0 Å². The fraction of sp³-hybridized carbons (Fsp3) is 0.135. The molecule has 0 saturated carbocycles. The van der Waals surface area contributed by atoms with E-state index in [4.69, 9.17) is 0 Å². The Balaban J connectivity index is 1.45. The van der Waals surface area contributed by atoms with E-state index in [0.717, 1.165) is 18.2 Å². The maximum atomic E-state index is 3.56. The van der Waals surface area contributed by atoms with Crippen molar-refractivity contribution in [1.82, 2.24) is 9.13 Å². The van der Waals surface area contributed by atoms with Gasteiger partial charge in [0.25, 0.3) is 0 Å². The number of benzene rings is 3. The van der Waals surface area contributed by atoms with E-state index >= 15 is 0 Å². The molecule has 2 atom stereocenters. The number of hydrogen-bond donors (Lipinski definition) is 0. The summed E-state index contributed by atoms with van der Waals surface area (Å²) >= 11 is 1.99. The minimum absolute atomic E-state index is 0.0331. The van der Waals surface area contributed by atoms with Crippen molar-refractivity contribution in [2.75, 3.05) is 0 Å². The summed E-state index contributed by atoms with van der Waals surface area (Å²) in [5.41, 5.74) is 8.81. The van der Waals surface area contributed by atoms with Crippen molar-refractivity contribution < 1.29 is 0 Å². The summed E-state index contributed by atoms with van der Waals surface area (Å²) in [6, 6.07) is 31.3. The summed E-state index contributed by atoms with van der Waals surface area (Å²) < 4.78 is 4.99. The van der Waals surface area contributed by atoms with E-state index in [2.05, 4.69) is 131 Å². The van der Waals surface area contributed by atoms with Crippen molar-refractivity contribution in [2.45, 2.75) is 35.3 Å². The Morgan fingerprint density at radius 2 is 1.82 bits per heavy atom. The molecule has 0 bridgehead atoms. The van der Waals surface area contributed by atoms with E-state index in [-0.39, 0.29) is 4.75 Å². The minimum atomic E-state index is 0.0331. The summed E-state index contributed by atoms with van der Waals surface area (Å²) in [5, 5.41) is 4.93. The molecular weight excluding hydrogens is 504 g/mol. The number of rotatable bonds is 2. The van der Waals surface area contributed by atoms with Crippen molar-refractivity contribution in [3.05, 3.63) is 127 Å². The lowest BCUT2D eigenvalue weighted by Gasteiger charge is -2.28. The van der Waals surface area contributed by atoms with E-state index in [0.29, 0.717) is 5.92 Å². The molecule has 2 nitrogen and oxygen atoms in total. The zero-order chi connectivity index (χ0) is 26.4. The molecule has 0 saturated heterocycles. The van der Waals surface area contributed by atoms with Crippen molar-refractivity contribution in [2.24, 2.45) is 0 Å². The molecule has 6 aromatic rings. The normalized spacial score (nSPS) is 21.3. The Morgan fingerprint density at radius 1 is 0.875 bits per heavy atom. The highest BCUT2D eigenvalue weighted by Crippen LogP contribution is 2.57. The summed E-state index contributed by atoms with van der Waals surface area (Å²) in [6.45, 7) is 2.37. The average Bonchev–Trinajstić information content (AvgIpc) is 3.62. The molecule has 40 heavy (non-hydrogen) atoms. The van der Waals surface area contributed by atoms with Crippen LogP contribution in [0.2, 0.25) is 0 Å². The van der Waals surface area contributed by atoms with Crippen LogP contribution in [0.5, 0.6) is 0 Å². The van der Waals surface area contributed by atoms with Crippen LogP contribution in [0.15, 0.2) is 114 Å². The van der Waals surface area contributed by atoms with Gasteiger partial charge in [0.2, 0.25) is 0 Å². The molecule has 0 fully saturated rings. The van der Waals surface area contributed by atoms with E-state index < -0.39 is 0 Å². The van der Waals surface area contributed by atoms with Gasteiger partial charge in [-0.1, -0.05) is 78.9 Å². The third kappa shape index (κ3) is 2.87. The number of fused-ring (bicyclic) bond motifs is 10. The Hall–Kier alpha value is -4.39. The van der Waals surface area contributed by atoms with Gasteiger partial charge in [-0.3, -0.25) is 0 Å². The van der Waals surface area contributed by atoms with Crippen LogP contribution in [0.25, 0.3) is 55.0 Å². The van der Waals surface area contributed by atoms with Crippen LogP contribution in [0.4, 0.5) is 0 Å². The lowest BCUT2D eigenvalue weighted by atomic mass is 9.83. The Labute approximate surface area is 237 Å². The SMILES string of the molecule is CC12C=CC=CC1c1c(cccc1-n1c3ccc#cc3c3c4c(ccc31)c1ccccc1n4C1=CCCC=C1)S2. The quantitative estimate of drug-likeness (QED) is 0.217. The molecule has 2 aliphatic carbocycles. The van der Waals surface area contributed by atoms with Gasteiger partial charge in [0.05, 0.1) is 33.1 Å². The van der Waals surface area contributed by atoms with Crippen molar-refractivity contribution >= 4 is 61.1 Å². The fourth-order valence-corrected chi connectivity index (χ4v) is 8.66. The molecule has 1 aliphatic heterocycles. The van der Waals surface area contributed by atoms with Crippen LogP contribution in [0, 0.1) is 12.1 Å². The van der Waals surface area contributed by atoms with Gasteiger partial charge in [-0.05, 0) is 67.8 Å². The van der Waals surface area contributed by atoms with E-state index in [1.165, 1.54) is 60.1 Å². The van der Waals surface area contributed by atoms with Crippen LogP contribution < -0.4 is 0 Å². The molecule has 3 heteroatoms. The molecule has 9 rings (SSSR count). The summed E-state index contributed by atoms with van der Waals surface area (Å²) in [4.78, 5) is 1.37. The third-order valence-electron chi connectivity index (χ3n) is 8.94. The highest BCUT2D eigenvalue weighted by molar-refractivity contribution is 8.01. The molecular formula is C37H26N2S. The molecule has 2 unspecified atom stereocenters.